The lowest BCUT2D eigenvalue weighted by molar-refractivity contribution is 0.0879. The molecule has 0 saturated carbocycles. The SMILES string of the molecule is O=C1NC(=O)c2cc(S(=O)(=O)N3CCCC(c4nc5ccccc5o4)C3)ccc21. The van der Waals surface area contributed by atoms with Gasteiger partial charge < -0.3 is 4.42 Å². The van der Waals surface area contributed by atoms with Crippen LogP contribution in [0.5, 0.6) is 0 Å². The van der Waals surface area contributed by atoms with Gasteiger partial charge in [-0.25, -0.2) is 13.4 Å². The Bertz CT molecular complexity index is 1230. The maximum Gasteiger partial charge on any atom is 0.258 e. The normalized spacial score (nSPS) is 20.1. The van der Waals surface area contributed by atoms with E-state index in [-0.39, 0.29) is 28.5 Å². The second-order valence-corrected chi connectivity index (χ2v) is 9.15. The van der Waals surface area contributed by atoms with E-state index in [0.717, 1.165) is 11.9 Å². The molecular formula is C20H17N3O5S. The third-order valence-electron chi connectivity index (χ3n) is 5.39. The van der Waals surface area contributed by atoms with E-state index in [1.165, 1.54) is 22.5 Å². The summed E-state index contributed by atoms with van der Waals surface area (Å²) in [6.07, 6.45) is 1.45. The van der Waals surface area contributed by atoms with Gasteiger partial charge in [0.1, 0.15) is 5.52 Å². The van der Waals surface area contributed by atoms with E-state index in [1.54, 1.807) is 0 Å². The number of hydrogen-bond acceptors (Lipinski definition) is 6. The summed E-state index contributed by atoms with van der Waals surface area (Å²) in [4.78, 5) is 28.1. The average Bonchev–Trinajstić information content (AvgIpc) is 3.29. The minimum atomic E-state index is -3.82. The molecule has 3 aromatic rings. The van der Waals surface area contributed by atoms with Crippen LogP contribution < -0.4 is 5.32 Å². The first-order valence-corrected chi connectivity index (χ1v) is 10.7. The summed E-state index contributed by atoms with van der Waals surface area (Å²) < 4.78 is 33.6. The van der Waals surface area contributed by atoms with Crippen molar-refractivity contribution in [2.45, 2.75) is 23.7 Å². The summed E-state index contributed by atoms with van der Waals surface area (Å²) in [5, 5.41) is 2.17. The first-order valence-electron chi connectivity index (χ1n) is 9.29. The standard InChI is InChI=1S/C20H17N3O5S/c24-18-14-8-7-13(10-15(14)19(25)22-18)29(26,27)23-9-3-4-12(11-23)20-21-16-5-1-2-6-17(16)28-20/h1-2,5-8,10,12H,3-4,9,11H2,(H,22,24,25). The van der Waals surface area contributed by atoms with E-state index in [4.69, 9.17) is 4.42 Å². The van der Waals surface area contributed by atoms with Gasteiger partial charge in [-0.1, -0.05) is 12.1 Å². The molecule has 1 atom stereocenters. The number of carbonyl (C=O) groups is 2. The molecule has 1 aromatic heterocycles. The number of piperidine rings is 1. The number of amides is 2. The highest BCUT2D eigenvalue weighted by atomic mass is 32.2. The molecule has 0 bridgehead atoms. The van der Waals surface area contributed by atoms with Gasteiger partial charge >= 0.3 is 0 Å². The summed E-state index contributed by atoms with van der Waals surface area (Å²) in [5.41, 5.74) is 1.70. The van der Waals surface area contributed by atoms with Crippen molar-refractivity contribution in [3.8, 4) is 0 Å². The summed E-state index contributed by atoms with van der Waals surface area (Å²) in [5.74, 6) is -0.705. The number of sulfonamides is 1. The number of carbonyl (C=O) groups excluding carboxylic acids is 2. The number of nitrogens with zero attached hydrogens (tertiary/aromatic N) is 2. The Kier molecular flexibility index (Phi) is 4.04. The third-order valence-corrected chi connectivity index (χ3v) is 7.25. The van der Waals surface area contributed by atoms with Crippen molar-refractivity contribution in [1.82, 2.24) is 14.6 Å². The quantitative estimate of drug-likeness (QED) is 0.662. The van der Waals surface area contributed by atoms with Crippen LogP contribution in [-0.4, -0.2) is 42.6 Å². The number of para-hydroxylation sites is 2. The van der Waals surface area contributed by atoms with Crippen LogP contribution in [0.15, 0.2) is 51.8 Å². The Morgan fingerprint density at radius 2 is 1.86 bits per heavy atom. The molecule has 2 aromatic carbocycles. The summed E-state index contributed by atoms with van der Waals surface area (Å²) in [7, 11) is -3.82. The maximum atomic E-state index is 13.2. The Balaban J connectivity index is 1.45. The summed E-state index contributed by atoms with van der Waals surface area (Å²) in [6, 6.07) is 11.5. The monoisotopic (exact) mass is 411 g/mol. The number of nitrogens with one attached hydrogen (secondary N) is 1. The predicted octanol–water partition coefficient (Wildman–Crippen LogP) is 2.28. The molecule has 0 aliphatic carbocycles. The van der Waals surface area contributed by atoms with Crippen molar-refractivity contribution < 1.29 is 22.4 Å². The number of rotatable bonds is 3. The first kappa shape index (κ1) is 18.0. The fourth-order valence-electron chi connectivity index (χ4n) is 3.88. The second kappa shape index (κ2) is 6.50. The molecule has 29 heavy (non-hydrogen) atoms. The molecular weight excluding hydrogens is 394 g/mol. The highest BCUT2D eigenvalue weighted by Crippen LogP contribution is 2.32. The highest BCUT2D eigenvalue weighted by Gasteiger charge is 2.35. The number of hydrogen-bond donors (Lipinski definition) is 1. The van der Waals surface area contributed by atoms with E-state index in [2.05, 4.69) is 10.3 Å². The number of imide groups is 1. The van der Waals surface area contributed by atoms with Crippen LogP contribution in [0.25, 0.3) is 11.1 Å². The van der Waals surface area contributed by atoms with Crippen molar-refractivity contribution in [2.75, 3.05) is 13.1 Å². The van der Waals surface area contributed by atoms with Crippen LogP contribution in [0, 0.1) is 0 Å². The number of oxazole rings is 1. The van der Waals surface area contributed by atoms with Crippen LogP contribution in [0.4, 0.5) is 0 Å². The number of aromatic nitrogens is 1. The lowest BCUT2D eigenvalue weighted by atomic mass is 10.00. The largest absolute Gasteiger partial charge is 0.440 e. The fourth-order valence-corrected chi connectivity index (χ4v) is 5.43. The smallest absolute Gasteiger partial charge is 0.258 e. The van der Waals surface area contributed by atoms with Gasteiger partial charge in [-0.2, -0.15) is 4.31 Å². The topological polar surface area (TPSA) is 110 Å². The van der Waals surface area contributed by atoms with Gasteiger partial charge in [0.15, 0.2) is 11.5 Å². The van der Waals surface area contributed by atoms with E-state index in [9.17, 15) is 18.0 Å². The van der Waals surface area contributed by atoms with Crippen LogP contribution in [-0.2, 0) is 10.0 Å². The predicted molar refractivity (Wildman–Crippen MR) is 103 cm³/mol. The van der Waals surface area contributed by atoms with Crippen molar-refractivity contribution in [3.63, 3.8) is 0 Å². The Labute approximate surface area is 166 Å². The molecule has 1 saturated heterocycles. The first-order chi connectivity index (χ1) is 13.9. The summed E-state index contributed by atoms with van der Waals surface area (Å²) >= 11 is 0. The van der Waals surface area contributed by atoms with Gasteiger partial charge in [0.2, 0.25) is 10.0 Å². The Morgan fingerprint density at radius 3 is 2.69 bits per heavy atom. The molecule has 1 N–H and O–H groups in total. The average molecular weight is 411 g/mol. The fraction of sp³-hybridized carbons (Fsp3) is 0.250. The molecule has 1 fully saturated rings. The van der Waals surface area contributed by atoms with Gasteiger partial charge in [0.05, 0.1) is 16.0 Å². The molecule has 2 amide bonds. The van der Waals surface area contributed by atoms with Gasteiger partial charge in [-0.05, 0) is 43.2 Å². The van der Waals surface area contributed by atoms with Crippen LogP contribution in [0.3, 0.4) is 0 Å². The molecule has 3 heterocycles. The molecule has 2 aliphatic rings. The van der Waals surface area contributed by atoms with Gasteiger partial charge in [-0.15, -0.1) is 0 Å². The molecule has 8 nitrogen and oxygen atoms in total. The van der Waals surface area contributed by atoms with Crippen LogP contribution >= 0.6 is 0 Å². The number of fused-ring (bicyclic) bond motifs is 2. The molecule has 0 spiro atoms. The van der Waals surface area contributed by atoms with Crippen LogP contribution in [0.2, 0.25) is 0 Å². The van der Waals surface area contributed by atoms with E-state index < -0.39 is 21.8 Å². The second-order valence-electron chi connectivity index (χ2n) is 7.21. The zero-order chi connectivity index (χ0) is 20.2. The Hall–Kier alpha value is -3.04. The van der Waals surface area contributed by atoms with Crippen molar-refractivity contribution in [1.29, 1.82) is 0 Å². The lowest BCUT2D eigenvalue weighted by Gasteiger charge is -2.30. The molecule has 1 unspecified atom stereocenters. The van der Waals surface area contributed by atoms with Gasteiger partial charge in [0.25, 0.3) is 11.8 Å². The zero-order valence-corrected chi connectivity index (χ0v) is 16.1. The van der Waals surface area contributed by atoms with Crippen molar-refractivity contribution in [2.24, 2.45) is 0 Å². The minimum absolute atomic E-state index is 0.000634. The third kappa shape index (κ3) is 2.93. The highest BCUT2D eigenvalue weighted by molar-refractivity contribution is 7.89. The van der Waals surface area contributed by atoms with Crippen LogP contribution in [0.1, 0.15) is 45.4 Å². The molecule has 148 valence electrons. The number of benzene rings is 2. The van der Waals surface area contributed by atoms with E-state index in [1.807, 2.05) is 24.3 Å². The molecule has 2 aliphatic heterocycles. The van der Waals surface area contributed by atoms with E-state index >= 15 is 0 Å². The minimum Gasteiger partial charge on any atom is -0.440 e. The summed E-state index contributed by atoms with van der Waals surface area (Å²) in [6.45, 7) is 0.624. The van der Waals surface area contributed by atoms with E-state index in [0.29, 0.717) is 24.4 Å². The van der Waals surface area contributed by atoms with Crippen molar-refractivity contribution >= 4 is 32.9 Å². The molecule has 0 radical (unpaired) electrons. The molecule has 5 rings (SSSR count). The lowest BCUT2D eigenvalue weighted by Crippen LogP contribution is -2.39. The van der Waals surface area contributed by atoms with Gasteiger partial charge in [0, 0.05) is 19.0 Å². The van der Waals surface area contributed by atoms with Gasteiger partial charge in [-0.3, -0.25) is 14.9 Å². The molecule has 9 heteroatoms. The maximum absolute atomic E-state index is 13.2. The Morgan fingerprint density at radius 1 is 1.07 bits per heavy atom. The zero-order valence-electron chi connectivity index (χ0n) is 15.3. The van der Waals surface area contributed by atoms with Crippen molar-refractivity contribution in [3.05, 3.63) is 59.5 Å².